The van der Waals surface area contributed by atoms with Crippen molar-refractivity contribution in [2.24, 2.45) is 29.1 Å². The smallest absolute Gasteiger partial charge is 0.200 e. The second kappa shape index (κ2) is 27.2. The van der Waals surface area contributed by atoms with Crippen LogP contribution in [0.1, 0.15) is 194 Å². The van der Waals surface area contributed by atoms with Gasteiger partial charge >= 0.3 is 0 Å². The van der Waals surface area contributed by atoms with Gasteiger partial charge < -0.3 is 66.8 Å². The summed E-state index contributed by atoms with van der Waals surface area (Å²) in [5, 5.41) is 38.4. The number of rotatable bonds is 20. The molecule has 5 heterocycles. The lowest BCUT2D eigenvalue weighted by Crippen LogP contribution is -2.65. The average Bonchev–Trinajstić information content (AvgIpc) is 3.95. The van der Waals surface area contributed by atoms with Crippen molar-refractivity contribution in [3.8, 4) is 0 Å². The molecule has 0 aromatic rings. The van der Waals surface area contributed by atoms with E-state index in [0.717, 1.165) is 49.4 Å². The molecule has 15 atom stereocenters. The molecule has 6 aliphatic rings. The molecule has 1 unspecified atom stereocenters. The summed E-state index contributed by atoms with van der Waals surface area (Å²) in [6, 6.07) is 3.01. The van der Waals surface area contributed by atoms with Crippen LogP contribution in [-0.2, 0) is 51.5 Å². The molecule has 0 aromatic carbocycles. The zero-order chi connectivity index (χ0) is 57.7. The van der Waals surface area contributed by atoms with E-state index in [0.29, 0.717) is 87.6 Å². The number of methoxy groups -OCH3 is 3. The molecule has 454 valence electrons. The minimum Gasteiger partial charge on any atom is -0.416 e. The number of hydrogen-bond acceptors (Lipinski definition) is 14. The largest absolute Gasteiger partial charge is 0.416 e. The Hall–Kier alpha value is -0.646. The van der Waals surface area contributed by atoms with Crippen LogP contribution < -0.4 is 0 Å². The fourth-order valence-corrected chi connectivity index (χ4v) is 24.7. The lowest BCUT2D eigenvalue weighted by molar-refractivity contribution is -0.402. The van der Waals surface area contributed by atoms with Crippen molar-refractivity contribution in [1.29, 1.82) is 0 Å². The maximum atomic E-state index is 13.3. The Balaban J connectivity index is 1.45. The maximum absolute atomic E-state index is 13.3. The Bertz CT molecular complexity index is 1900. The van der Waals surface area contributed by atoms with Crippen LogP contribution in [0.25, 0.3) is 0 Å². The van der Waals surface area contributed by atoms with Crippen molar-refractivity contribution in [3.05, 3.63) is 23.8 Å². The molecular formula is C62H114O14Si2. The summed E-state index contributed by atoms with van der Waals surface area (Å²) >= 11 is 0. The summed E-state index contributed by atoms with van der Waals surface area (Å²) < 4.78 is 74.9. The fourth-order valence-electron chi connectivity index (χ4n) is 16.0. The molecule has 3 N–H and O–H groups in total. The topological polar surface area (TPSA) is 162 Å². The predicted molar refractivity (Wildman–Crippen MR) is 312 cm³/mol. The average molecular weight is 1140 g/mol. The zero-order valence-electron chi connectivity index (χ0n) is 52.3. The Kier molecular flexibility index (Phi) is 23.1. The monoisotopic (exact) mass is 1140 g/mol. The highest BCUT2D eigenvalue weighted by molar-refractivity contribution is 6.77. The highest BCUT2D eigenvalue weighted by Gasteiger charge is 2.66. The highest BCUT2D eigenvalue weighted by Crippen LogP contribution is 2.58. The molecule has 78 heavy (non-hydrogen) atoms. The Morgan fingerprint density at radius 1 is 0.744 bits per heavy atom. The summed E-state index contributed by atoms with van der Waals surface area (Å²) in [5.74, 6) is -4.66. The zero-order valence-corrected chi connectivity index (χ0v) is 54.3. The molecule has 0 aromatic heterocycles. The van der Waals surface area contributed by atoms with E-state index in [2.05, 4.69) is 96.1 Å². The van der Waals surface area contributed by atoms with Crippen LogP contribution in [0.2, 0.25) is 34.8 Å². The lowest BCUT2D eigenvalue weighted by Gasteiger charge is -2.56. The van der Waals surface area contributed by atoms with E-state index in [-0.39, 0.29) is 43.2 Å². The molecule has 0 saturated carbocycles. The molecule has 5 aliphatic heterocycles. The van der Waals surface area contributed by atoms with Crippen molar-refractivity contribution in [3.63, 3.8) is 0 Å². The van der Waals surface area contributed by atoms with Crippen molar-refractivity contribution < 1.29 is 66.8 Å². The third kappa shape index (κ3) is 14.2. The third-order valence-electron chi connectivity index (χ3n) is 20.8. The molecule has 6 bridgehead atoms. The van der Waals surface area contributed by atoms with Crippen molar-refractivity contribution in [1.82, 2.24) is 0 Å². The van der Waals surface area contributed by atoms with Crippen LogP contribution >= 0.6 is 0 Å². The minimum atomic E-state index is -2.18. The summed E-state index contributed by atoms with van der Waals surface area (Å²) in [6.45, 7) is 34.7. The number of aliphatic hydroxyl groups is 3. The third-order valence-corrected chi connectivity index (χ3v) is 31.6. The predicted octanol–water partition coefficient (Wildman–Crippen LogP) is 12.9. The van der Waals surface area contributed by atoms with Gasteiger partial charge in [-0.05, 0) is 130 Å². The van der Waals surface area contributed by atoms with Gasteiger partial charge in [0.15, 0.2) is 39.8 Å². The number of aliphatic hydroxyl groups excluding tert-OH is 3. The first kappa shape index (κ1) is 66.5. The molecular weight excluding hydrogens is 1020 g/mol. The van der Waals surface area contributed by atoms with E-state index in [4.69, 9.17) is 51.5 Å². The highest BCUT2D eigenvalue weighted by atomic mass is 28.4. The quantitative estimate of drug-likeness (QED) is 0.0457. The van der Waals surface area contributed by atoms with Crippen LogP contribution in [0.15, 0.2) is 23.8 Å². The maximum Gasteiger partial charge on any atom is 0.200 e. The standard InChI is InChI=1S/C62H114O14Si2/c1-19-77(20-2,21-3)76-58(15)30-28-50-35-49(63)24-22-26-53(64)59(36-45(10)47(12)39-70-78(42(4)5,43(6)7)44(8)9)31-27-48(40-69-41-66-16)34-52(59)56-54(65)55(73-57(13,14)74-56)46(11)37-61(67-17,68-18)38-51-25-23-29-60(71-51)32-33-62(58,72-50)75-60/h22,24,34,42-47,49-56,63-65H,19-21,23,25-33,35-41H2,1-18H3/b24-22-/t45-,46+,47-,49?,50-,51+,52+,53+,54+,55+,56-,58+,59-,60+,62+/m0/s1. The van der Waals surface area contributed by atoms with Crippen LogP contribution in [0, 0.1) is 29.1 Å². The van der Waals surface area contributed by atoms with E-state index in [1.165, 1.54) is 0 Å². The SMILES string of the molecule is CC[Si](CC)(CC)O[C@]1(C)CC[C@H]2CC(O)/C=C\C[C@@H](O)[C@]3(C[C@H](C)[C@@H](C)CO[Si](C(C)C)(C(C)C)C(C)C)CCC(COCOC)=C[C@@H]3[C@@H]3OC(C)(C)O[C@@H]([C@H]3O)[C@H](C)CC(OC)(OC)C[C@H]3CCC[C@@]4(CC[C@@]1(O2)O4)O3. The number of fused-ring (bicyclic) bond motifs is 6. The molecule has 6 rings (SSSR count). The fraction of sp³-hybridized carbons (Fsp3) is 0.935. The van der Waals surface area contributed by atoms with E-state index in [9.17, 15) is 15.3 Å². The van der Waals surface area contributed by atoms with Gasteiger partial charge in [0.05, 0.1) is 43.2 Å². The van der Waals surface area contributed by atoms with Crippen LogP contribution in [-0.4, -0.2) is 145 Å². The summed E-state index contributed by atoms with van der Waals surface area (Å²) in [6.07, 6.45) is 9.75. The number of ether oxygens (including phenoxy) is 9. The molecule has 2 spiro atoms. The molecule has 16 heteroatoms. The number of hydrogen-bond donors (Lipinski definition) is 3. The second-order valence-electron chi connectivity index (χ2n) is 27.1. The summed E-state index contributed by atoms with van der Waals surface area (Å²) in [7, 11) is 0.677. The Labute approximate surface area is 475 Å². The molecule has 4 fully saturated rings. The van der Waals surface area contributed by atoms with E-state index >= 15 is 0 Å². The minimum absolute atomic E-state index is 0.112. The lowest BCUT2D eigenvalue weighted by atomic mass is 9.56. The first-order valence-corrected chi connectivity index (χ1v) is 35.7. The Morgan fingerprint density at radius 3 is 2.01 bits per heavy atom. The molecule has 4 saturated heterocycles. The first-order chi connectivity index (χ1) is 36.7. The molecule has 0 amide bonds. The van der Waals surface area contributed by atoms with Gasteiger partial charge in [-0.2, -0.15) is 0 Å². The summed E-state index contributed by atoms with van der Waals surface area (Å²) in [5.41, 5.74) is 0.921. The van der Waals surface area contributed by atoms with Gasteiger partial charge in [0.25, 0.3) is 0 Å². The first-order valence-electron chi connectivity index (χ1n) is 31.0. The Morgan fingerprint density at radius 2 is 1.40 bits per heavy atom. The van der Waals surface area contributed by atoms with Crippen LogP contribution in [0.5, 0.6) is 0 Å². The van der Waals surface area contributed by atoms with Gasteiger partial charge in [0.2, 0.25) is 0 Å². The van der Waals surface area contributed by atoms with E-state index in [1.54, 1.807) is 21.3 Å². The van der Waals surface area contributed by atoms with Gasteiger partial charge in [-0.3, -0.25) is 0 Å². The molecule has 0 radical (unpaired) electrons. The van der Waals surface area contributed by atoms with Crippen molar-refractivity contribution in [2.45, 2.75) is 300 Å². The van der Waals surface area contributed by atoms with Gasteiger partial charge in [0.1, 0.15) is 18.5 Å². The van der Waals surface area contributed by atoms with Gasteiger partial charge in [-0.1, -0.05) is 101 Å². The summed E-state index contributed by atoms with van der Waals surface area (Å²) in [4.78, 5) is 0. The molecule has 14 nitrogen and oxygen atoms in total. The van der Waals surface area contributed by atoms with Crippen LogP contribution in [0.3, 0.4) is 0 Å². The second-order valence-corrected chi connectivity index (χ2v) is 37.3. The van der Waals surface area contributed by atoms with E-state index in [1.807, 2.05) is 26.0 Å². The van der Waals surface area contributed by atoms with Crippen LogP contribution in [0.4, 0.5) is 0 Å². The van der Waals surface area contributed by atoms with Gasteiger partial charge in [-0.25, -0.2) is 0 Å². The van der Waals surface area contributed by atoms with Gasteiger partial charge in [0, 0.05) is 77.8 Å². The van der Waals surface area contributed by atoms with Gasteiger partial charge in [-0.15, -0.1) is 0 Å². The normalized spacial score (nSPS) is 38.3. The van der Waals surface area contributed by atoms with Crippen molar-refractivity contribution in [2.75, 3.05) is 41.3 Å². The molecule has 1 aliphatic carbocycles. The van der Waals surface area contributed by atoms with Crippen molar-refractivity contribution >= 4 is 16.6 Å². The van der Waals surface area contributed by atoms with E-state index < -0.39 is 87.2 Å².